The molecule has 1 aromatic carbocycles. The molecule has 0 aliphatic rings. The molecule has 0 unspecified atom stereocenters. The van der Waals surface area contributed by atoms with Crippen LogP contribution in [0.4, 0.5) is 8.78 Å². The number of ketones is 1. The lowest BCUT2D eigenvalue weighted by atomic mass is 10.0. The number of aromatic hydroxyl groups is 1. The minimum atomic E-state index is -2.87. The van der Waals surface area contributed by atoms with Gasteiger partial charge in [0.25, 0.3) is 6.43 Å². The number of alkyl halides is 3. The van der Waals surface area contributed by atoms with Crippen molar-refractivity contribution in [3.63, 3.8) is 0 Å². The molecule has 0 atom stereocenters. The molecule has 0 saturated carbocycles. The molecule has 0 aliphatic carbocycles. The van der Waals surface area contributed by atoms with E-state index in [0.717, 1.165) is 6.07 Å². The normalized spacial score (nSPS) is 10.7. The second-order valence-electron chi connectivity index (χ2n) is 2.90. The molecular weight excluding hydrogens is 226 g/mol. The molecular formula is C10H9ClF2O2. The standard InChI is InChI=1S/C10H9ClF2O2/c11-5-4-7(14)6-2-1-3-8(15)9(6)10(12)13/h1-3,10,15H,4-5H2. The Labute approximate surface area is 90.5 Å². The lowest BCUT2D eigenvalue weighted by Gasteiger charge is -2.08. The zero-order valence-electron chi connectivity index (χ0n) is 7.71. The first-order valence-corrected chi connectivity index (χ1v) is 4.80. The maximum absolute atomic E-state index is 12.5. The predicted molar refractivity (Wildman–Crippen MR) is 52.7 cm³/mol. The summed E-state index contributed by atoms with van der Waals surface area (Å²) in [6, 6.07) is 3.73. The van der Waals surface area contributed by atoms with Gasteiger partial charge in [-0.25, -0.2) is 8.78 Å². The fourth-order valence-electron chi connectivity index (χ4n) is 1.25. The number of benzene rings is 1. The molecule has 0 fully saturated rings. The maximum atomic E-state index is 12.5. The molecule has 1 N–H and O–H groups in total. The molecule has 2 nitrogen and oxygen atoms in total. The highest BCUT2D eigenvalue weighted by Crippen LogP contribution is 2.31. The molecule has 0 aromatic heterocycles. The Morgan fingerprint density at radius 2 is 2.13 bits per heavy atom. The van der Waals surface area contributed by atoms with Crippen molar-refractivity contribution in [3.05, 3.63) is 29.3 Å². The van der Waals surface area contributed by atoms with Crippen molar-refractivity contribution in [3.8, 4) is 5.75 Å². The number of rotatable bonds is 4. The van der Waals surface area contributed by atoms with Crippen LogP contribution in [0.15, 0.2) is 18.2 Å². The lowest BCUT2D eigenvalue weighted by Crippen LogP contribution is -2.05. The SMILES string of the molecule is O=C(CCCl)c1cccc(O)c1C(F)F. The van der Waals surface area contributed by atoms with Crippen molar-refractivity contribution in [1.82, 2.24) is 0 Å². The third-order valence-electron chi connectivity index (χ3n) is 1.92. The van der Waals surface area contributed by atoms with E-state index in [1.807, 2.05) is 0 Å². The number of hydrogen-bond donors (Lipinski definition) is 1. The number of halogens is 3. The van der Waals surface area contributed by atoms with E-state index in [1.54, 1.807) is 0 Å². The minimum Gasteiger partial charge on any atom is -0.507 e. The number of phenolic OH excluding ortho intramolecular Hbond substituents is 1. The van der Waals surface area contributed by atoms with E-state index in [1.165, 1.54) is 12.1 Å². The molecule has 0 bridgehead atoms. The largest absolute Gasteiger partial charge is 0.507 e. The van der Waals surface area contributed by atoms with Crippen LogP contribution in [0, 0.1) is 0 Å². The van der Waals surface area contributed by atoms with Crippen LogP contribution < -0.4 is 0 Å². The van der Waals surface area contributed by atoms with E-state index in [-0.39, 0.29) is 17.9 Å². The smallest absolute Gasteiger partial charge is 0.268 e. The summed E-state index contributed by atoms with van der Waals surface area (Å²) in [5, 5.41) is 9.21. The van der Waals surface area contributed by atoms with Gasteiger partial charge < -0.3 is 5.11 Å². The second kappa shape index (κ2) is 5.07. The van der Waals surface area contributed by atoms with Crippen molar-refractivity contribution < 1.29 is 18.7 Å². The van der Waals surface area contributed by atoms with Crippen LogP contribution in [0.1, 0.15) is 28.8 Å². The van der Waals surface area contributed by atoms with Gasteiger partial charge in [0.15, 0.2) is 5.78 Å². The quantitative estimate of drug-likeness (QED) is 0.642. The average Bonchev–Trinajstić information content (AvgIpc) is 2.17. The first-order chi connectivity index (χ1) is 7.07. The Kier molecular flexibility index (Phi) is 4.03. The van der Waals surface area contributed by atoms with E-state index in [9.17, 15) is 18.7 Å². The number of Topliss-reactive ketones (excluding diaryl/α,β-unsaturated/α-hetero) is 1. The van der Waals surface area contributed by atoms with Gasteiger partial charge in [-0.3, -0.25) is 4.79 Å². The first kappa shape index (κ1) is 11.9. The van der Waals surface area contributed by atoms with Crippen LogP contribution in [0.25, 0.3) is 0 Å². The fraction of sp³-hybridized carbons (Fsp3) is 0.300. The summed E-state index contributed by atoms with van der Waals surface area (Å²) < 4.78 is 25.1. The zero-order valence-corrected chi connectivity index (χ0v) is 8.47. The van der Waals surface area contributed by atoms with Crippen LogP contribution in [0.2, 0.25) is 0 Å². The molecule has 1 rings (SSSR count). The number of carbonyl (C=O) groups excluding carboxylic acids is 1. The van der Waals surface area contributed by atoms with Crippen LogP contribution in [0.5, 0.6) is 5.75 Å². The maximum Gasteiger partial charge on any atom is 0.268 e. The fourth-order valence-corrected chi connectivity index (χ4v) is 1.42. The molecule has 15 heavy (non-hydrogen) atoms. The molecule has 0 amide bonds. The van der Waals surface area contributed by atoms with Crippen LogP contribution in [-0.4, -0.2) is 16.8 Å². The number of phenols is 1. The van der Waals surface area contributed by atoms with Gasteiger partial charge in [0.1, 0.15) is 5.75 Å². The third kappa shape index (κ3) is 2.65. The minimum absolute atomic E-state index is 0.0231. The molecule has 0 aliphatic heterocycles. The molecule has 1 aromatic rings. The van der Waals surface area contributed by atoms with Gasteiger partial charge in [0, 0.05) is 17.9 Å². The van der Waals surface area contributed by atoms with E-state index in [0.29, 0.717) is 0 Å². The summed E-state index contributed by atoms with van der Waals surface area (Å²) in [6.07, 6.45) is -2.90. The second-order valence-corrected chi connectivity index (χ2v) is 3.28. The van der Waals surface area contributed by atoms with Crippen LogP contribution in [-0.2, 0) is 0 Å². The van der Waals surface area contributed by atoms with E-state index in [2.05, 4.69) is 0 Å². The summed E-state index contributed by atoms with van der Waals surface area (Å²) >= 11 is 5.35. The Balaban J connectivity index is 3.17. The van der Waals surface area contributed by atoms with E-state index >= 15 is 0 Å². The first-order valence-electron chi connectivity index (χ1n) is 4.27. The van der Waals surface area contributed by atoms with Gasteiger partial charge in [-0.15, -0.1) is 11.6 Å². The summed E-state index contributed by atoms with van der Waals surface area (Å²) in [5.74, 6) is -0.987. The highest BCUT2D eigenvalue weighted by Gasteiger charge is 2.21. The molecule has 0 spiro atoms. The predicted octanol–water partition coefficient (Wildman–Crippen LogP) is 3.14. The Bertz CT molecular complexity index is 366. The lowest BCUT2D eigenvalue weighted by molar-refractivity contribution is 0.0973. The Morgan fingerprint density at radius 1 is 1.47 bits per heavy atom. The van der Waals surface area contributed by atoms with Gasteiger partial charge in [0.05, 0.1) is 5.56 Å². The van der Waals surface area contributed by atoms with E-state index in [4.69, 9.17) is 11.6 Å². The van der Waals surface area contributed by atoms with Gasteiger partial charge in [-0.1, -0.05) is 12.1 Å². The Hall–Kier alpha value is -1.16. The molecule has 0 radical (unpaired) electrons. The van der Waals surface area contributed by atoms with E-state index < -0.39 is 23.5 Å². The number of carbonyl (C=O) groups is 1. The summed E-state index contributed by atoms with van der Waals surface area (Å²) in [5.41, 5.74) is -0.779. The summed E-state index contributed by atoms with van der Waals surface area (Å²) in [6.45, 7) is 0. The van der Waals surface area contributed by atoms with Gasteiger partial charge in [0.2, 0.25) is 0 Å². The molecule has 0 heterocycles. The van der Waals surface area contributed by atoms with Gasteiger partial charge in [-0.2, -0.15) is 0 Å². The molecule has 82 valence electrons. The third-order valence-corrected chi connectivity index (χ3v) is 2.11. The zero-order chi connectivity index (χ0) is 11.4. The van der Waals surface area contributed by atoms with Crippen LogP contribution >= 0.6 is 11.6 Å². The van der Waals surface area contributed by atoms with Crippen molar-refractivity contribution in [2.24, 2.45) is 0 Å². The highest BCUT2D eigenvalue weighted by atomic mass is 35.5. The topological polar surface area (TPSA) is 37.3 Å². The van der Waals surface area contributed by atoms with Crippen molar-refractivity contribution in [2.75, 3.05) is 5.88 Å². The van der Waals surface area contributed by atoms with Crippen molar-refractivity contribution >= 4 is 17.4 Å². The average molecular weight is 235 g/mol. The van der Waals surface area contributed by atoms with Gasteiger partial charge in [-0.05, 0) is 6.07 Å². The highest BCUT2D eigenvalue weighted by molar-refractivity contribution is 6.19. The van der Waals surface area contributed by atoms with Gasteiger partial charge >= 0.3 is 0 Å². The molecule has 0 saturated heterocycles. The summed E-state index contributed by atoms with van der Waals surface area (Å²) in [4.78, 5) is 11.4. The van der Waals surface area contributed by atoms with Crippen molar-refractivity contribution in [1.29, 1.82) is 0 Å². The van der Waals surface area contributed by atoms with Crippen LogP contribution in [0.3, 0.4) is 0 Å². The monoisotopic (exact) mass is 234 g/mol. The summed E-state index contributed by atoms with van der Waals surface area (Å²) in [7, 11) is 0. The van der Waals surface area contributed by atoms with Crippen molar-refractivity contribution in [2.45, 2.75) is 12.8 Å². The number of hydrogen-bond acceptors (Lipinski definition) is 2. The molecule has 5 heteroatoms. The Morgan fingerprint density at radius 3 is 2.67 bits per heavy atom.